The topological polar surface area (TPSA) is 207 Å². The van der Waals surface area contributed by atoms with Gasteiger partial charge in [-0.2, -0.15) is 4.98 Å². The van der Waals surface area contributed by atoms with Crippen molar-refractivity contribution in [3.8, 4) is 0 Å². The predicted molar refractivity (Wildman–Crippen MR) is 82.8 cm³/mol. The zero-order valence-corrected chi connectivity index (χ0v) is 13.8. The van der Waals surface area contributed by atoms with Gasteiger partial charge in [0.15, 0.2) is 11.9 Å². The molecular weight excluding hydrogens is 336 g/mol. The number of nitrogens with zero attached hydrogens (tertiary/aromatic N) is 2. The number of urea groups is 1. The smallest absolute Gasteiger partial charge is 0.328 e. The van der Waals surface area contributed by atoms with E-state index < -0.39 is 42.1 Å². The van der Waals surface area contributed by atoms with E-state index in [1.54, 1.807) is 0 Å². The Balaban J connectivity index is 2.89. The van der Waals surface area contributed by atoms with Gasteiger partial charge in [-0.15, -0.1) is 0 Å². The average molecular weight is 358 g/mol. The quantitative estimate of drug-likeness (QED) is 0.304. The van der Waals surface area contributed by atoms with E-state index in [0.29, 0.717) is 6.42 Å². The number of nitrogens with two attached hydrogens (primary N) is 2. The lowest BCUT2D eigenvalue weighted by atomic mass is 10.2. The Kier molecular flexibility index (Phi) is 7.26. The molecule has 0 radical (unpaired) electrons. The molecule has 140 valence electrons. The van der Waals surface area contributed by atoms with Crippen LogP contribution >= 0.6 is 0 Å². The minimum Gasteiger partial charge on any atom is -0.480 e. The first kappa shape index (κ1) is 20.3. The van der Waals surface area contributed by atoms with Crippen molar-refractivity contribution in [3.63, 3.8) is 0 Å². The number of amides is 3. The van der Waals surface area contributed by atoms with Gasteiger partial charge in [0.05, 0.1) is 18.6 Å². The molecule has 0 aliphatic rings. The van der Waals surface area contributed by atoms with Crippen molar-refractivity contribution >= 4 is 17.9 Å². The lowest BCUT2D eigenvalue weighted by Gasteiger charge is -2.19. The van der Waals surface area contributed by atoms with Crippen LogP contribution in [0.4, 0.5) is 4.79 Å². The van der Waals surface area contributed by atoms with Crippen molar-refractivity contribution in [2.45, 2.75) is 50.9 Å². The minimum atomic E-state index is -1.54. The molecule has 0 spiro atoms. The van der Waals surface area contributed by atoms with Crippen LogP contribution in [0, 0.1) is 0 Å². The number of carboxylic acid groups (broad SMARTS) is 1. The van der Waals surface area contributed by atoms with Crippen molar-refractivity contribution in [3.05, 3.63) is 11.7 Å². The van der Waals surface area contributed by atoms with Crippen LogP contribution in [0.25, 0.3) is 0 Å². The van der Waals surface area contributed by atoms with Gasteiger partial charge in [-0.1, -0.05) is 12.1 Å². The number of aliphatic hydroxyl groups excluding tert-OH is 1. The normalized spacial score (nSPS) is 15.7. The molecule has 1 aromatic heterocycles. The standard InChI is InChI=1S/C13H22N6O6/c1-3-6(14)10-18-11(25-19-10)7(4-8(15)21)16-13(24)17-9(5(2)20)12(22)23/h5-7,9,20H,3-4,14H2,1-2H3,(H2,15,21)(H,22,23)(H2,16,17,24)/t5?,6-,7-,9?/m0/s1. The Labute approximate surface area is 142 Å². The zero-order chi connectivity index (χ0) is 19.1. The summed E-state index contributed by atoms with van der Waals surface area (Å²) in [5.41, 5.74) is 10.9. The van der Waals surface area contributed by atoms with E-state index in [4.69, 9.17) is 21.1 Å². The summed E-state index contributed by atoms with van der Waals surface area (Å²) in [7, 11) is 0. The number of nitrogens with one attached hydrogen (secondary N) is 2. The van der Waals surface area contributed by atoms with Gasteiger partial charge in [-0.05, 0) is 13.3 Å². The first-order valence-corrected chi connectivity index (χ1v) is 7.50. The van der Waals surface area contributed by atoms with Gasteiger partial charge in [-0.25, -0.2) is 9.59 Å². The number of rotatable bonds is 9. The maximum absolute atomic E-state index is 12.0. The van der Waals surface area contributed by atoms with Crippen LogP contribution in [0.15, 0.2) is 4.52 Å². The molecule has 0 aliphatic carbocycles. The third-order valence-corrected chi connectivity index (χ3v) is 3.27. The summed E-state index contributed by atoms with van der Waals surface area (Å²) in [5.74, 6) is -2.08. The van der Waals surface area contributed by atoms with Crippen molar-refractivity contribution < 1.29 is 29.1 Å². The van der Waals surface area contributed by atoms with E-state index in [1.165, 1.54) is 6.92 Å². The molecule has 1 heterocycles. The van der Waals surface area contributed by atoms with E-state index in [1.807, 2.05) is 6.92 Å². The number of carboxylic acids is 1. The van der Waals surface area contributed by atoms with Crippen LogP contribution in [0.1, 0.15) is 50.5 Å². The molecule has 12 nitrogen and oxygen atoms in total. The van der Waals surface area contributed by atoms with E-state index in [0.717, 1.165) is 0 Å². The number of aliphatic carboxylic acids is 1. The first-order chi connectivity index (χ1) is 11.6. The number of hydrogen-bond acceptors (Lipinski definition) is 8. The van der Waals surface area contributed by atoms with Crippen molar-refractivity contribution in [2.24, 2.45) is 11.5 Å². The molecule has 0 bridgehead atoms. The fraction of sp³-hybridized carbons (Fsp3) is 0.615. The van der Waals surface area contributed by atoms with Gasteiger partial charge in [0, 0.05) is 0 Å². The van der Waals surface area contributed by atoms with Crippen molar-refractivity contribution in [1.29, 1.82) is 0 Å². The number of aromatic nitrogens is 2. The van der Waals surface area contributed by atoms with Gasteiger partial charge in [0.2, 0.25) is 11.8 Å². The molecule has 0 aromatic carbocycles. The molecule has 2 unspecified atom stereocenters. The molecular formula is C13H22N6O6. The summed E-state index contributed by atoms with van der Waals surface area (Å²) < 4.78 is 4.99. The second-order valence-electron chi connectivity index (χ2n) is 5.40. The van der Waals surface area contributed by atoms with Gasteiger partial charge in [0.1, 0.15) is 6.04 Å². The fourth-order valence-electron chi connectivity index (χ4n) is 1.85. The predicted octanol–water partition coefficient (Wildman–Crippen LogP) is -1.47. The third kappa shape index (κ3) is 6.00. The van der Waals surface area contributed by atoms with Crippen LogP contribution in [-0.2, 0) is 9.59 Å². The highest BCUT2D eigenvalue weighted by Crippen LogP contribution is 2.17. The highest BCUT2D eigenvalue weighted by Gasteiger charge is 2.28. The lowest BCUT2D eigenvalue weighted by Crippen LogP contribution is -2.52. The largest absolute Gasteiger partial charge is 0.480 e. The molecule has 0 saturated carbocycles. The van der Waals surface area contributed by atoms with E-state index in [9.17, 15) is 19.5 Å². The van der Waals surface area contributed by atoms with Crippen molar-refractivity contribution in [1.82, 2.24) is 20.8 Å². The molecule has 0 fully saturated rings. The number of hydrogen-bond donors (Lipinski definition) is 6. The zero-order valence-electron chi connectivity index (χ0n) is 13.8. The van der Waals surface area contributed by atoms with Crippen LogP contribution in [-0.4, -0.2) is 50.4 Å². The molecule has 3 amide bonds. The Morgan fingerprint density at radius 1 is 1.32 bits per heavy atom. The van der Waals surface area contributed by atoms with Gasteiger partial charge in [-0.3, -0.25) is 4.79 Å². The number of primary amides is 1. The summed E-state index contributed by atoms with van der Waals surface area (Å²) in [6.07, 6.45) is -1.15. The maximum Gasteiger partial charge on any atom is 0.328 e. The Hall–Kier alpha value is -2.73. The maximum atomic E-state index is 12.0. The number of aliphatic hydroxyl groups is 1. The van der Waals surface area contributed by atoms with Crippen LogP contribution in [0.2, 0.25) is 0 Å². The van der Waals surface area contributed by atoms with Crippen molar-refractivity contribution in [2.75, 3.05) is 0 Å². The summed E-state index contributed by atoms with van der Waals surface area (Å²) in [5, 5.41) is 26.4. The van der Waals surface area contributed by atoms with Crippen LogP contribution in [0.3, 0.4) is 0 Å². The second-order valence-corrected chi connectivity index (χ2v) is 5.40. The van der Waals surface area contributed by atoms with Gasteiger partial charge < -0.3 is 36.8 Å². The molecule has 1 rings (SSSR count). The highest BCUT2D eigenvalue weighted by molar-refractivity contribution is 5.83. The summed E-state index contributed by atoms with van der Waals surface area (Å²) >= 11 is 0. The second kappa shape index (κ2) is 8.94. The monoisotopic (exact) mass is 358 g/mol. The molecule has 4 atom stereocenters. The summed E-state index contributed by atoms with van der Waals surface area (Å²) in [6.45, 7) is 3.02. The minimum absolute atomic E-state index is 0.100. The number of carbonyl (C=O) groups excluding carboxylic acids is 2. The molecule has 0 aliphatic heterocycles. The van der Waals surface area contributed by atoms with Gasteiger partial charge in [0.25, 0.3) is 0 Å². The number of carbonyl (C=O) groups is 3. The molecule has 12 heteroatoms. The summed E-state index contributed by atoms with van der Waals surface area (Å²) in [4.78, 5) is 38.2. The Morgan fingerprint density at radius 3 is 2.44 bits per heavy atom. The first-order valence-electron chi connectivity index (χ1n) is 7.50. The molecule has 25 heavy (non-hydrogen) atoms. The van der Waals surface area contributed by atoms with E-state index >= 15 is 0 Å². The molecule has 8 N–H and O–H groups in total. The highest BCUT2D eigenvalue weighted by atomic mass is 16.5. The molecule has 0 saturated heterocycles. The Morgan fingerprint density at radius 2 is 1.96 bits per heavy atom. The molecule has 1 aromatic rings. The Bertz CT molecular complexity index is 618. The van der Waals surface area contributed by atoms with E-state index in [2.05, 4.69) is 20.8 Å². The van der Waals surface area contributed by atoms with E-state index in [-0.39, 0.29) is 18.1 Å². The average Bonchev–Trinajstić information content (AvgIpc) is 3.00. The van der Waals surface area contributed by atoms with Crippen LogP contribution in [0.5, 0.6) is 0 Å². The third-order valence-electron chi connectivity index (χ3n) is 3.27. The SMILES string of the molecule is CC[C@H](N)c1noc([C@H](CC(N)=O)NC(=O)NC(C(=O)O)C(C)O)n1. The fourth-order valence-corrected chi connectivity index (χ4v) is 1.85. The lowest BCUT2D eigenvalue weighted by molar-refractivity contribution is -0.141. The van der Waals surface area contributed by atoms with Gasteiger partial charge >= 0.3 is 12.0 Å². The summed E-state index contributed by atoms with van der Waals surface area (Å²) in [6, 6.07) is -4.06. The van der Waals surface area contributed by atoms with Crippen LogP contribution < -0.4 is 22.1 Å².